The number of benzene rings is 1. The maximum atomic E-state index is 6.05. The molecule has 0 saturated carbocycles. The van der Waals surface area contributed by atoms with Crippen LogP contribution in [0.25, 0.3) is 21.6 Å². The minimum atomic E-state index is 0.728. The lowest BCUT2D eigenvalue weighted by Crippen LogP contribution is -2.47. The number of piperazine rings is 1. The number of likely N-dealkylation sites (N-methyl/N-ethyl adjacent to an activating group) is 1. The molecule has 1 N–H and O–H groups in total. The lowest BCUT2D eigenvalue weighted by molar-refractivity contribution is 0.178. The minimum absolute atomic E-state index is 0.728. The van der Waals surface area contributed by atoms with Crippen molar-refractivity contribution in [3.05, 3.63) is 39.7 Å². The summed E-state index contributed by atoms with van der Waals surface area (Å²) in [4.78, 5) is 14.8. The van der Waals surface area contributed by atoms with Gasteiger partial charge in [-0.05, 0) is 56.1 Å². The van der Waals surface area contributed by atoms with Crippen molar-refractivity contribution < 1.29 is 0 Å². The van der Waals surface area contributed by atoms with E-state index in [1.165, 1.54) is 28.7 Å². The van der Waals surface area contributed by atoms with Crippen molar-refractivity contribution in [3.8, 4) is 11.4 Å². The SMILES string of the molecule is CN1CCN(Nc2nc(-c3ccc(Cl)cc3)nc3sc4c(c23)CCC4)CC1. The first-order chi connectivity index (χ1) is 13.2. The molecule has 5 nitrogen and oxygen atoms in total. The summed E-state index contributed by atoms with van der Waals surface area (Å²) in [6, 6.07) is 7.77. The highest BCUT2D eigenvalue weighted by molar-refractivity contribution is 7.19. The first kappa shape index (κ1) is 17.4. The van der Waals surface area contributed by atoms with E-state index in [0.29, 0.717) is 0 Å². The molecule has 1 fully saturated rings. The summed E-state index contributed by atoms with van der Waals surface area (Å²) in [7, 11) is 2.17. The number of hydrogen-bond acceptors (Lipinski definition) is 6. The van der Waals surface area contributed by atoms with Gasteiger partial charge in [-0.2, -0.15) is 0 Å². The maximum Gasteiger partial charge on any atom is 0.163 e. The topological polar surface area (TPSA) is 44.3 Å². The zero-order valence-electron chi connectivity index (χ0n) is 15.3. The summed E-state index contributed by atoms with van der Waals surface area (Å²) in [5.74, 6) is 1.71. The fourth-order valence-corrected chi connectivity index (χ4v) is 5.26. The highest BCUT2D eigenvalue weighted by atomic mass is 35.5. The zero-order chi connectivity index (χ0) is 18.4. The molecule has 1 aliphatic carbocycles. The number of nitrogens with one attached hydrogen (secondary N) is 1. The van der Waals surface area contributed by atoms with Crippen molar-refractivity contribution in [2.45, 2.75) is 19.3 Å². The summed E-state index contributed by atoms with van der Waals surface area (Å²) in [6.45, 7) is 4.11. The summed E-state index contributed by atoms with van der Waals surface area (Å²) in [6.07, 6.45) is 3.54. The maximum absolute atomic E-state index is 6.05. The Labute approximate surface area is 168 Å². The molecule has 1 aromatic carbocycles. The van der Waals surface area contributed by atoms with Gasteiger partial charge in [-0.1, -0.05) is 11.6 Å². The molecule has 2 aliphatic rings. The number of aryl methyl sites for hydroxylation is 2. The number of anilines is 1. The Hall–Kier alpha value is -1.73. The van der Waals surface area contributed by atoms with Crippen LogP contribution in [-0.4, -0.2) is 53.1 Å². The van der Waals surface area contributed by atoms with E-state index in [4.69, 9.17) is 21.6 Å². The third-order valence-electron chi connectivity index (χ3n) is 5.43. The molecule has 0 spiro atoms. The van der Waals surface area contributed by atoms with Crippen LogP contribution in [0.5, 0.6) is 0 Å². The second-order valence-electron chi connectivity index (χ2n) is 7.34. The second kappa shape index (κ2) is 7.02. The monoisotopic (exact) mass is 399 g/mol. The molecule has 140 valence electrons. The molecule has 7 heteroatoms. The van der Waals surface area contributed by atoms with E-state index in [9.17, 15) is 0 Å². The number of halogens is 1. The number of aromatic nitrogens is 2. The predicted molar refractivity (Wildman–Crippen MR) is 113 cm³/mol. The number of fused-ring (bicyclic) bond motifs is 3. The van der Waals surface area contributed by atoms with Gasteiger partial charge >= 0.3 is 0 Å². The average Bonchev–Trinajstić information content (AvgIpc) is 3.25. The quantitative estimate of drug-likeness (QED) is 0.719. The Morgan fingerprint density at radius 1 is 1.04 bits per heavy atom. The fraction of sp³-hybridized carbons (Fsp3) is 0.400. The highest BCUT2D eigenvalue weighted by Crippen LogP contribution is 2.40. The molecule has 1 aliphatic heterocycles. The van der Waals surface area contributed by atoms with Gasteiger partial charge in [0.2, 0.25) is 0 Å². The molecular weight excluding hydrogens is 378 g/mol. The van der Waals surface area contributed by atoms with Crippen LogP contribution in [0, 0.1) is 0 Å². The molecule has 0 bridgehead atoms. The van der Waals surface area contributed by atoms with Crippen LogP contribution in [0.2, 0.25) is 5.02 Å². The lowest BCUT2D eigenvalue weighted by Gasteiger charge is -2.33. The van der Waals surface area contributed by atoms with Crippen LogP contribution < -0.4 is 5.43 Å². The average molecular weight is 400 g/mol. The van der Waals surface area contributed by atoms with Gasteiger partial charge in [-0.3, -0.25) is 0 Å². The number of rotatable bonds is 3. The smallest absolute Gasteiger partial charge is 0.163 e. The molecule has 0 radical (unpaired) electrons. The van der Waals surface area contributed by atoms with Crippen LogP contribution >= 0.6 is 22.9 Å². The Morgan fingerprint density at radius 2 is 1.81 bits per heavy atom. The summed E-state index contributed by atoms with van der Waals surface area (Å²) in [5.41, 5.74) is 6.07. The normalized spacial score (nSPS) is 18.1. The molecule has 2 aromatic heterocycles. The molecule has 1 saturated heterocycles. The molecule has 27 heavy (non-hydrogen) atoms. The third kappa shape index (κ3) is 3.31. The van der Waals surface area contributed by atoms with Crippen molar-refractivity contribution >= 4 is 39.0 Å². The Balaban J connectivity index is 1.58. The van der Waals surface area contributed by atoms with Crippen molar-refractivity contribution in [1.29, 1.82) is 0 Å². The van der Waals surface area contributed by atoms with E-state index in [1.807, 2.05) is 35.6 Å². The van der Waals surface area contributed by atoms with Crippen molar-refractivity contribution in [2.24, 2.45) is 0 Å². The Bertz CT molecular complexity index is 976. The Morgan fingerprint density at radius 3 is 2.59 bits per heavy atom. The van der Waals surface area contributed by atoms with Gasteiger partial charge in [-0.25, -0.2) is 15.0 Å². The molecular formula is C20H22ClN5S. The van der Waals surface area contributed by atoms with Crippen LogP contribution in [0.1, 0.15) is 16.9 Å². The van der Waals surface area contributed by atoms with Gasteiger partial charge in [-0.15, -0.1) is 11.3 Å². The van der Waals surface area contributed by atoms with Crippen molar-refractivity contribution in [1.82, 2.24) is 19.9 Å². The first-order valence-electron chi connectivity index (χ1n) is 9.46. The van der Waals surface area contributed by atoms with Gasteiger partial charge < -0.3 is 10.3 Å². The number of hydrogen-bond donors (Lipinski definition) is 1. The van der Waals surface area contributed by atoms with E-state index >= 15 is 0 Å². The van der Waals surface area contributed by atoms with Crippen molar-refractivity contribution in [2.75, 3.05) is 38.7 Å². The van der Waals surface area contributed by atoms with Gasteiger partial charge in [0.25, 0.3) is 0 Å². The molecule has 0 unspecified atom stereocenters. The third-order valence-corrected chi connectivity index (χ3v) is 6.87. The van der Waals surface area contributed by atoms with Crippen molar-refractivity contribution in [3.63, 3.8) is 0 Å². The predicted octanol–water partition coefficient (Wildman–Crippen LogP) is 4.07. The lowest BCUT2D eigenvalue weighted by atomic mass is 10.1. The van der Waals surface area contributed by atoms with Crippen LogP contribution in [-0.2, 0) is 12.8 Å². The number of nitrogens with zero attached hydrogens (tertiary/aromatic N) is 4. The van der Waals surface area contributed by atoms with Crippen LogP contribution in [0.15, 0.2) is 24.3 Å². The second-order valence-corrected chi connectivity index (χ2v) is 8.86. The summed E-state index contributed by atoms with van der Waals surface area (Å²) >= 11 is 7.89. The molecule has 3 aromatic rings. The van der Waals surface area contributed by atoms with Gasteiger partial charge in [0, 0.05) is 41.6 Å². The van der Waals surface area contributed by atoms with E-state index in [0.717, 1.165) is 59.7 Å². The van der Waals surface area contributed by atoms with E-state index in [-0.39, 0.29) is 0 Å². The zero-order valence-corrected chi connectivity index (χ0v) is 16.9. The summed E-state index contributed by atoms with van der Waals surface area (Å²) in [5, 5.41) is 4.24. The molecule has 0 atom stereocenters. The molecule has 3 heterocycles. The van der Waals surface area contributed by atoms with E-state index < -0.39 is 0 Å². The van der Waals surface area contributed by atoms with Gasteiger partial charge in [0.15, 0.2) is 11.6 Å². The highest BCUT2D eigenvalue weighted by Gasteiger charge is 2.24. The number of thiophene rings is 1. The van der Waals surface area contributed by atoms with E-state index in [1.54, 1.807) is 0 Å². The summed E-state index contributed by atoms with van der Waals surface area (Å²) < 4.78 is 0. The minimum Gasteiger partial charge on any atom is -0.304 e. The number of hydrazine groups is 1. The van der Waals surface area contributed by atoms with Gasteiger partial charge in [0.05, 0.1) is 5.39 Å². The van der Waals surface area contributed by atoms with Crippen LogP contribution in [0.4, 0.5) is 5.82 Å². The van der Waals surface area contributed by atoms with Crippen LogP contribution in [0.3, 0.4) is 0 Å². The standard InChI is InChI=1S/C20H22ClN5S/c1-25-9-11-26(12-10-25)24-19-17-15-3-2-4-16(15)27-20(17)23-18(22-19)13-5-7-14(21)8-6-13/h5-8H,2-4,9-12H2,1H3,(H,22,23,24). The molecule has 5 rings (SSSR count). The fourth-order valence-electron chi connectivity index (χ4n) is 3.87. The first-order valence-corrected chi connectivity index (χ1v) is 10.7. The van der Waals surface area contributed by atoms with Gasteiger partial charge in [0.1, 0.15) is 4.83 Å². The largest absolute Gasteiger partial charge is 0.304 e. The van der Waals surface area contributed by atoms with E-state index in [2.05, 4.69) is 22.4 Å². The molecule has 0 amide bonds. The Kier molecular flexibility index (Phi) is 4.52.